The summed E-state index contributed by atoms with van der Waals surface area (Å²) in [6, 6.07) is 11.0. The highest BCUT2D eigenvalue weighted by Crippen LogP contribution is 2.29. The maximum absolute atomic E-state index is 12.6. The molecule has 0 aliphatic heterocycles. The van der Waals surface area contributed by atoms with Crippen molar-refractivity contribution in [2.24, 2.45) is 0 Å². The van der Waals surface area contributed by atoms with Crippen LogP contribution in [0.25, 0.3) is 33.7 Å². The Morgan fingerprint density at radius 2 is 1.96 bits per heavy atom. The zero-order valence-corrected chi connectivity index (χ0v) is 13.6. The van der Waals surface area contributed by atoms with Crippen molar-refractivity contribution >= 4 is 10.9 Å². The van der Waals surface area contributed by atoms with Crippen molar-refractivity contribution in [2.75, 3.05) is 7.11 Å². The minimum absolute atomic E-state index is 0.239. The van der Waals surface area contributed by atoms with Gasteiger partial charge >= 0.3 is 0 Å². The minimum atomic E-state index is -0.239. The van der Waals surface area contributed by atoms with E-state index in [-0.39, 0.29) is 5.56 Å². The van der Waals surface area contributed by atoms with Gasteiger partial charge in [-0.25, -0.2) is 10.1 Å². The van der Waals surface area contributed by atoms with Gasteiger partial charge in [-0.3, -0.25) is 4.79 Å². The Bertz CT molecular complexity index is 1120. The predicted octanol–water partition coefficient (Wildman–Crippen LogP) is 2.09. The number of H-pyrrole nitrogens is 2. The average Bonchev–Trinajstić information content (AvgIpc) is 3.16. The molecule has 0 atom stereocenters. The molecule has 0 saturated carbocycles. The number of hydrogen-bond acceptors (Lipinski definition) is 6. The molecule has 0 amide bonds. The Kier molecular flexibility index (Phi) is 3.50. The van der Waals surface area contributed by atoms with E-state index in [1.165, 1.54) is 0 Å². The van der Waals surface area contributed by atoms with Crippen LogP contribution in [0.1, 0.15) is 5.56 Å². The molecule has 25 heavy (non-hydrogen) atoms. The normalized spacial score (nSPS) is 11.0. The summed E-state index contributed by atoms with van der Waals surface area (Å²) in [6.07, 6.45) is 0. The van der Waals surface area contributed by atoms with Gasteiger partial charge < -0.3 is 9.72 Å². The Morgan fingerprint density at radius 1 is 1.08 bits per heavy atom. The molecule has 0 aliphatic carbocycles. The molecule has 2 N–H and O–H groups in total. The van der Waals surface area contributed by atoms with Crippen LogP contribution in [-0.4, -0.2) is 37.7 Å². The molecular formula is C17H14N6O2. The number of nitrogens with one attached hydrogen (secondary N) is 2. The third-order valence-electron chi connectivity index (χ3n) is 3.94. The summed E-state index contributed by atoms with van der Waals surface area (Å²) >= 11 is 0. The number of ether oxygens (including phenoxy) is 1. The fourth-order valence-corrected chi connectivity index (χ4v) is 2.69. The Morgan fingerprint density at radius 3 is 2.72 bits per heavy atom. The second kappa shape index (κ2) is 5.82. The third-order valence-corrected chi connectivity index (χ3v) is 3.94. The first-order valence-electron chi connectivity index (χ1n) is 7.59. The van der Waals surface area contributed by atoms with Crippen molar-refractivity contribution < 1.29 is 4.74 Å². The number of fused-ring (bicyclic) bond motifs is 1. The first kappa shape index (κ1) is 15.0. The summed E-state index contributed by atoms with van der Waals surface area (Å²) in [6.45, 7) is 1.97. The number of aryl methyl sites for hydroxylation is 1. The van der Waals surface area contributed by atoms with E-state index < -0.39 is 0 Å². The van der Waals surface area contributed by atoms with Crippen molar-refractivity contribution in [2.45, 2.75) is 6.92 Å². The summed E-state index contributed by atoms with van der Waals surface area (Å²) in [5.74, 6) is 1.61. The molecular weight excluding hydrogens is 320 g/mol. The van der Waals surface area contributed by atoms with E-state index >= 15 is 0 Å². The van der Waals surface area contributed by atoms with Crippen LogP contribution in [0.4, 0.5) is 0 Å². The highest BCUT2D eigenvalue weighted by Gasteiger charge is 2.12. The number of methoxy groups -OCH3 is 1. The van der Waals surface area contributed by atoms with Crippen LogP contribution in [0.3, 0.4) is 0 Å². The molecule has 0 spiro atoms. The summed E-state index contributed by atoms with van der Waals surface area (Å²) in [5, 5.41) is 14.1. The van der Waals surface area contributed by atoms with Gasteiger partial charge in [0, 0.05) is 5.56 Å². The first-order valence-corrected chi connectivity index (χ1v) is 7.59. The lowest BCUT2D eigenvalue weighted by Crippen LogP contribution is -2.10. The van der Waals surface area contributed by atoms with E-state index in [1.54, 1.807) is 19.2 Å². The molecule has 0 radical (unpaired) electrons. The van der Waals surface area contributed by atoms with Crippen molar-refractivity contribution in [3.8, 4) is 28.5 Å². The van der Waals surface area contributed by atoms with Gasteiger partial charge in [0.05, 0.1) is 23.6 Å². The van der Waals surface area contributed by atoms with Gasteiger partial charge in [0.2, 0.25) is 0 Å². The summed E-state index contributed by atoms with van der Waals surface area (Å²) in [7, 11) is 1.59. The summed E-state index contributed by atoms with van der Waals surface area (Å²) in [4.78, 5) is 20.0. The van der Waals surface area contributed by atoms with Gasteiger partial charge in [-0.15, -0.1) is 5.10 Å². The lowest BCUT2D eigenvalue weighted by atomic mass is 10.1. The maximum atomic E-state index is 12.6. The van der Waals surface area contributed by atoms with E-state index in [2.05, 4.69) is 30.6 Å². The summed E-state index contributed by atoms with van der Waals surface area (Å²) in [5.41, 5.74) is 2.85. The zero-order chi connectivity index (χ0) is 17.4. The highest BCUT2D eigenvalue weighted by molar-refractivity contribution is 5.84. The van der Waals surface area contributed by atoms with Crippen molar-refractivity contribution in [3.05, 3.63) is 52.3 Å². The zero-order valence-electron chi connectivity index (χ0n) is 13.6. The molecule has 0 aliphatic rings. The van der Waals surface area contributed by atoms with Gasteiger partial charge in [-0.1, -0.05) is 6.07 Å². The molecule has 0 unspecified atom stereocenters. The van der Waals surface area contributed by atoms with Gasteiger partial charge in [-0.2, -0.15) is 0 Å². The standard InChI is InChI=1S/C17H14N6O2/c1-9-3-5-11(14(7-9)25-2)16-18-13-6-4-10(15-20-22-23-21-15)8-12(13)17(24)19-16/h3-8H,1-2H3,(H,18,19,24)(H,20,21,22,23). The van der Waals surface area contributed by atoms with Gasteiger partial charge in [0.1, 0.15) is 11.6 Å². The van der Waals surface area contributed by atoms with E-state index in [0.717, 1.165) is 11.1 Å². The second-order valence-corrected chi connectivity index (χ2v) is 5.60. The topological polar surface area (TPSA) is 109 Å². The van der Waals surface area contributed by atoms with Crippen molar-refractivity contribution in [1.29, 1.82) is 0 Å². The van der Waals surface area contributed by atoms with E-state index in [4.69, 9.17) is 4.74 Å². The van der Waals surface area contributed by atoms with E-state index in [1.807, 2.05) is 31.2 Å². The Labute approximate surface area is 141 Å². The van der Waals surface area contributed by atoms with Crippen LogP contribution < -0.4 is 10.3 Å². The lowest BCUT2D eigenvalue weighted by Gasteiger charge is -2.09. The number of benzene rings is 2. The number of tetrazole rings is 1. The molecule has 4 aromatic rings. The van der Waals surface area contributed by atoms with Crippen molar-refractivity contribution in [1.82, 2.24) is 30.6 Å². The Balaban J connectivity index is 1.89. The summed E-state index contributed by atoms with van der Waals surface area (Å²) < 4.78 is 5.41. The van der Waals surface area contributed by atoms with E-state index in [9.17, 15) is 4.79 Å². The molecule has 2 aromatic heterocycles. The quantitative estimate of drug-likeness (QED) is 0.594. The number of aromatic nitrogens is 6. The number of hydrogen-bond donors (Lipinski definition) is 2. The molecule has 8 heteroatoms. The highest BCUT2D eigenvalue weighted by atomic mass is 16.5. The molecule has 8 nitrogen and oxygen atoms in total. The number of nitrogens with zero attached hydrogens (tertiary/aromatic N) is 4. The van der Waals surface area contributed by atoms with E-state index in [0.29, 0.717) is 33.9 Å². The minimum Gasteiger partial charge on any atom is -0.496 e. The molecule has 4 rings (SSSR count). The molecule has 124 valence electrons. The monoisotopic (exact) mass is 334 g/mol. The molecule has 0 bridgehead atoms. The van der Waals surface area contributed by atoms with Crippen LogP contribution in [-0.2, 0) is 0 Å². The lowest BCUT2D eigenvalue weighted by molar-refractivity contribution is 0.416. The SMILES string of the molecule is COc1cc(C)ccc1-c1nc2ccc(-c3nnn[nH]3)cc2c(=O)[nH]1. The van der Waals surface area contributed by atoms with Gasteiger partial charge in [-0.05, 0) is 53.2 Å². The smallest absolute Gasteiger partial charge is 0.259 e. The maximum Gasteiger partial charge on any atom is 0.259 e. The van der Waals surface area contributed by atoms with Gasteiger partial charge in [0.15, 0.2) is 5.82 Å². The number of rotatable bonds is 3. The van der Waals surface area contributed by atoms with Crippen LogP contribution in [0, 0.1) is 6.92 Å². The van der Waals surface area contributed by atoms with Crippen LogP contribution >= 0.6 is 0 Å². The molecule has 0 fully saturated rings. The fourth-order valence-electron chi connectivity index (χ4n) is 2.69. The van der Waals surface area contributed by atoms with Crippen molar-refractivity contribution in [3.63, 3.8) is 0 Å². The molecule has 0 saturated heterocycles. The van der Waals surface area contributed by atoms with Crippen LogP contribution in [0.5, 0.6) is 5.75 Å². The Hall–Kier alpha value is -3.55. The largest absolute Gasteiger partial charge is 0.496 e. The average molecular weight is 334 g/mol. The second-order valence-electron chi connectivity index (χ2n) is 5.60. The first-order chi connectivity index (χ1) is 12.2. The molecule has 2 aromatic carbocycles. The van der Waals surface area contributed by atoms with Crippen LogP contribution in [0.2, 0.25) is 0 Å². The number of aromatic amines is 2. The van der Waals surface area contributed by atoms with Gasteiger partial charge in [0.25, 0.3) is 5.56 Å². The van der Waals surface area contributed by atoms with Crippen LogP contribution in [0.15, 0.2) is 41.2 Å². The third kappa shape index (κ3) is 2.63. The molecule has 2 heterocycles. The predicted molar refractivity (Wildman–Crippen MR) is 92.3 cm³/mol. The fraction of sp³-hybridized carbons (Fsp3) is 0.118.